The monoisotopic (exact) mass is 373 g/mol. The van der Waals surface area contributed by atoms with Gasteiger partial charge in [-0.05, 0) is 55.2 Å². The van der Waals surface area contributed by atoms with Gasteiger partial charge in [0.05, 0.1) is 0 Å². The predicted molar refractivity (Wildman–Crippen MR) is 107 cm³/mol. The van der Waals surface area contributed by atoms with Crippen molar-refractivity contribution in [2.45, 2.75) is 19.8 Å². The Hall–Kier alpha value is -2.53. The first-order valence-electron chi connectivity index (χ1n) is 8.48. The van der Waals surface area contributed by atoms with Gasteiger partial charge in [0.25, 0.3) is 0 Å². The molecule has 0 spiro atoms. The maximum atomic E-state index is 12.0. The van der Waals surface area contributed by atoms with Crippen LogP contribution in [0.2, 0.25) is 5.02 Å². The lowest BCUT2D eigenvalue weighted by Crippen LogP contribution is -2.36. The van der Waals surface area contributed by atoms with Crippen LogP contribution < -0.4 is 15.5 Å². The maximum absolute atomic E-state index is 12.0. The van der Waals surface area contributed by atoms with E-state index in [0.717, 1.165) is 24.1 Å². The fraction of sp³-hybridized carbons (Fsp3) is 0.300. The van der Waals surface area contributed by atoms with E-state index in [1.165, 1.54) is 5.56 Å². The summed E-state index contributed by atoms with van der Waals surface area (Å²) in [5, 5.41) is 5.74. The van der Waals surface area contributed by atoms with Crippen molar-refractivity contribution in [2.24, 2.45) is 0 Å². The van der Waals surface area contributed by atoms with E-state index in [1.807, 2.05) is 25.9 Å². The smallest absolute Gasteiger partial charge is 0.313 e. The third kappa shape index (κ3) is 5.77. The molecule has 0 aliphatic rings. The molecule has 0 aliphatic heterocycles. The zero-order valence-electron chi connectivity index (χ0n) is 15.3. The Bertz CT molecular complexity index is 773. The number of rotatable bonds is 6. The van der Waals surface area contributed by atoms with Crippen molar-refractivity contribution in [3.8, 4) is 0 Å². The molecule has 0 radical (unpaired) electrons. The van der Waals surface area contributed by atoms with Crippen molar-refractivity contribution in [2.75, 3.05) is 30.9 Å². The molecule has 5 nitrogen and oxygen atoms in total. The van der Waals surface area contributed by atoms with Gasteiger partial charge in [-0.3, -0.25) is 9.59 Å². The Kier molecular flexibility index (Phi) is 7.04. The van der Waals surface area contributed by atoms with Gasteiger partial charge in [-0.25, -0.2) is 0 Å². The van der Waals surface area contributed by atoms with Gasteiger partial charge in [0.2, 0.25) is 0 Å². The number of hydrogen-bond donors (Lipinski definition) is 2. The topological polar surface area (TPSA) is 61.4 Å². The quantitative estimate of drug-likeness (QED) is 0.602. The molecule has 0 aromatic heterocycles. The minimum absolute atomic E-state index is 0.441. The second-order valence-corrected chi connectivity index (χ2v) is 6.77. The number of nitrogens with one attached hydrogen (secondary N) is 2. The van der Waals surface area contributed by atoms with Crippen LogP contribution in [0.1, 0.15) is 17.5 Å². The summed E-state index contributed by atoms with van der Waals surface area (Å²) < 4.78 is 0. The van der Waals surface area contributed by atoms with Crippen LogP contribution in [0.3, 0.4) is 0 Å². The maximum Gasteiger partial charge on any atom is 0.313 e. The third-order valence-corrected chi connectivity index (χ3v) is 4.27. The van der Waals surface area contributed by atoms with E-state index in [0.29, 0.717) is 17.3 Å². The molecule has 138 valence electrons. The van der Waals surface area contributed by atoms with Crippen LogP contribution >= 0.6 is 11.6 Å². The molecule has 2 aromatic rings. The molecule has 0 atom stereocenters. The molecule has 2 aromatic carbocycles. The summed E-state index contributed by atoms with van der Waals surface area (Å²) in [7, 11) is 4.00. The SMILES string of the molecule is Cc1ccc(Cl)cc1NC(=O)C(=O)NCCCc1ccc(N(C)C)cc1. The number of halogens is 1. The van der Waals surface area contributed by atoms with Crippen LogP contribution in [-0.2, 0) is 16.0 Å². The van der Waals surface area contributed by atoms with E-state index < -0.39 is 11.8 Å². The molecule has 2 amide bonds. The summed E-state index contributed by atoms with van der Waals surface area (Å²) in [6, 6.07) is 13.4. The summed E-state index contributed by atoms with van der Waals surface area (Å²) in [4.78, 5) is 25.9. The van der Waals surface area contributed by atoms with Crippen molar-refractivity contribution in [1.29, 1.82) is 0 Å². The Balaban J connectivity index is 1.75. The lowest BCUT2D eigenvalue weighted by atomic mass is 10.1. The number of carbonyl (C=O) groups is 2. The minimum Gasteiger partial charge on any atom is -0.378 e. The van der Waals surface area contributed by atoms with Crippen LogP contribution in [0, 0.1) is 6.92 Å². The zero-order chi connectivity index (χ0) is 19.1. The second-order valence-electron chi connectivity index (χ2n) is 6.33. The van der Waals surface area contributed by atoms with Crippen LogP contribution in [0.4, 0.5) is 11.4 Å². The van der Waals surface area contributed by atoms with Crippen LogP contribution in [0.15, 0.2) is 42.5 Å². The Morgan fingerprint density at radius 3 is 2.38 bits per heavy atom. The predicted octanol–water partition coefficient (Wildman–Crippen LogP) is 3.40. The van der Waals surface area contributed by atoms with Gasteiger partial charge in [-0.1, -0.05) is 29.8 Å². The van der Waals surface area contributed by atoms with Gasteiger partial charge in [-0.2, -0.15) is 0 Å². The third-order valence-electron chi connectivity index (χ3n) is 4.03. The fourth-order valence-corrected chi connectivity index (χ4v) is 2.62. The van der Waals surface area contributed by atoms with E-state index in [-0.39, 0.29) is 0 Å². The van der Waals surface area contributed by atoms with Crippen LogP contribution in [0.25, 0.3) is 0 Å². The highest BCUT2D eigenvalue weighted by Crippen LogP contribution is 2.20. The summed E-state index contributed by atoms with van der Waals surface area (Å²) in [6.45, 7) is 2.28. The average Bonchev–Trinajstić information content (AvgIpc) is 2.62. The standard InChI is InChI=1S/C20H24ClN3O2/c1-14-6-9-16(21)13-18(14)23-20(26)19(25)22-12-4-5-15-7-10-17(11-8-15)24(2)3/h6-11,13H,4-5,12H2,1-3H3,(H,22,25)(H,23,26). The van der Waals surface area contributed by atoms with E-state index in [9.17, 15) is 9.59 Å². The molecule has 0 aliphatic carbocycles. The summed E-state index contributed by atoms with van der Waals surface area (Å²) in [6.07, 6.45) is 1.60. The van der Waals surface area contributed by atoms with Gasteiger partial charge < -0.3 is 15.5 Å². The first-order chi connectivity index (χ1) is 12.4. The molecule has 0 saturated carbocycles. The molecule has 0 fully saturated rings. The lowest BCUT2D eigenvalue weighted by molar-refractivity contribution is -0.136. The Morgan fingerprint density at radius 2 is 1.73 bits per heavy atom. The van der Waals surface area contributed by atoms with E-state index >= 15 is 0 Å². The number of benzene rings is 2. The second kappa shape index (κ2) is 9.25. The molecular formula is C20H24ClN3O2. The summed E-state index contributed by atoms with van der Waals surface area (Å²) >= 11 is 5.91. The van der Waals surface area contributed by atoms with Crippen molar-refractivity contribution in [1.82, 2.24) is 5.32 Å². The molecule has 0 saturated heterocycles. The lowest BCUT2D eigenvalue weighted by Gasteiger charge is -2.12. The van der Waals surface area contributed by atoms with E-state index in [4.69, 9.17) is 11.6 Å². The van der Waals surface area contributed by atoms with Crippen molar-refractivity contribution < 1.29 is 9.59 Å². The normalized spacial score (nSPS) is 10.3. The first-order valence-corrected chi connectivity index (χ1v) is 8.86. The zero-order valence-corrected chi connectivity index (χ0v) is 16.1. The fourth-order valence-electron chi connectivity index (χ4n) is 2.44. The highest BCUT2D eigenvalue weighted by Gasteiger charge is 2.14. The van der Waals surface area contributed by atoms with Gasteiger partial charge in [0, 0.05) is 37.0 Å². The highest BCUT2D eigenvalue weighted by molar-refractivity contribution is 6.40. The molecule has 2 N–H and O–H groups in total. The molecule has 0 bridgehead atoms. The van der Waals surface area contributed by atoms with Crippen LogP contribution in [0.5, 0.6) is 0 Å². The van der Waals surface area contributed by atoms with Crippen LogP contribution in [-0.4, -0.2) is 32.5 Å². The summed E-state index contributed by atoms with van der Waals surface area (Å²) in [5.41, 5.74) is 3.73. The molecule has 2 rings (SSSR count). The summed E-state index contributed by atoms with van der Waals surface area (Å²) in [5.74, 6) is -1.34. The van der Waals surface area contributed by atoms with Gasteiger partial charge in [0.1, 0.15) is 0 Å². The van der Waals surface area contributed by atoms with E-state index in [2.05, 4.69) is 34.9 Å². The minimum atomic E-state index is -0.689. The molecule has 6 heteroatoms. The first kappa shape index (κ1) is 19.8. The van der Waals surface area contributed by atoms with Gasteiger partial charge in [-0.15, -0.1) is 0 Å². The van der Waals surface area contributed by atoms with Crippen molar-refractivity contribution in [3.63, 3.8) is 0 Å². The number of nitrogens with zero attached hydrogens (tertiary/aromatic N) is 1. The van der Waals surface area contributed by atoms with Crippen molar-refractivity contribution >= 4 is 34.8 Å². The van der Waals surface area contributed by atoms with Gasteiger partial charge >= 0.3 is 11.8 Å². The largest absolute Gasteiger partial charge is 0.378 e. The number of aryl methyl sites for hydroxylation is 2. The molecule has 0 heterocycles. The van der Waals surface area contributed by atoms with Gasteiger partial charge in [0.15, 0.2) is 0 Å². The average molecular weight is 374 g/mol. The van der Waals surface area contributed by atoms with Crippen molar-refractivity contribution in [3.05, 3.63) is 58.6 Å². The Morgan fingerprint density at radius 1 is 1.04 bits per heavy atom. The molecular weight excluding hydrogens is 350 g/mol. The number of anilines is 2. The molecule has 26 heavy (non-hydrogen) atoms. The number of amides is 2. The number of carbonyl (C=O) groups excluding carboxylic acids is 2. The van der Waals surface area contributed by atoms with E-state index in [1.54, 1.807) is 18.2 Å². The highest BCUT2D eigenvalue weighted by atomic mass is 35.5. The Labute approximate surface area is 159 Å². The molecule has 0 unspecified atom stereocenters. The number of hydrogen-bond acceptors (Lipinski definition) is 3.